The highest BCUT2D eigenvalue weighted by Crippen LogP contribution is 2.40. The molecule has 1 saturated carbocycles. The van der Waals surface area contributed by atoms with E-state index in [-0.39, 0.29) is 0 Å². The molecule has 104 valence electrons. The monoisotopic (exact) mass is 274 g/mol. The first-order valence-corrected chi connectivity index (χ1v) is 6.88. The summed E-state index contributed by atoms with van der Waals surface area (Å²) in [6.07, 6.45) is 2.55. The average Bonchev–Trinajstić information content (AvgIpc) is 2.40. The van der Waals surface area contributed by atoms with E-state index in [9.17, 15) is 13.9 Å². The van der Waals surface area contributed by atoms with Crippen molar-refractivity contribution < 1.29 is 13.9 Å². The van der Waals surface area contributed by atoms with E-state index in [0.29, 0.717) is 11.5 Å². The Kier molecular flexibility index (Phi) is 3.53. The van der Waals surface area contributed by atoms with Crippen molar-refractivity contribution in [2.24, 2.45) is 0 Å². The van der Waals surface area contributed by atoms with Gasteiger partial charge < -0.3 is 5.11 Å². The van der Waals surface area contributed by atoms with Crippen molar-refractivity contribution in [2.45, 2.75) is 31.3 Å². The van der Waals surface area contributed by atoms with Gasteiger partial charge in [0, 0.05) is 0 Å². The Bertz CT molecular complexity index is 620. The van der Waals surface area contributed by atoms with Crippen LogP contribution in [0.4, 0.5) is 8.78 Å². The van der Waals surface area contributed by atoms with Gasteiger partial charge in [-0.3, -0.25) is 0 Å². The van der Waals surface area contributed by atoms with Gasteiger partial charge in [0.1, 0.15) is 6.10 Å². The molecule has 0 aromatic heterocycles. The first kappa shape index (κ1) is 13.3. The summed E-state index contributed by atoms with van der Waals surface area (Å²) in [5, 5.41) is 10.5. The number of hydrogen-bond acceptors (Lipinski definition) is 1. The summed E-state index contributed by atoms with van der Waals surface area (Å²) in [6.45, 7) is 0. The lowest BCUT2D eigenvalue weighted by Gasteiger charge is -2.29. The van der Waals surface area contributed by atoms with Crippen LogP contribution < -0.4 is 0 Å². The second-order valence-corrected chi connectivity index (χ2v) is 5.33. The van der Waals surface area contributed by atoms with E-state index in [1.807, 2.05) is 24.3 Å². The maximum atomic E-state index is 13.3. The zero-order valence-corrected chi connectivity index (χ0v) is 11.0. The predicted molar refractivity (Wildman–Crippen MR) is 73.5 cm³/mol. The molecular formula is C17H16F2O. The number of halogens is 2. The summed E-state index contributed by atoms with van der Waals surface area (Å²) >= 11 is 0. The molecule has 2 aromatic rings. The first-order valence-electron chi connectivity index (χ1n) is 6.88. The second kappa shape index (κ2) is 5.33. The molecule has 20 heavy (non-hydrogen) atoms. The minimum absolute atomic E-state index is 0.385. The Morgan fingerprint density at radius 3 is 2.40 bits per heavy atom. The van der Waals surface area contributed by atoms with Crippen LogP contribution in [0.1, 0.15) is 48.0 Å². The van der Waals surface area contributed by atoms with Crippen LogP contribution in [0.3, 0.4) is 0 Å². The molecule has 3 heteroatoms. The summed E-state index contributed by atoms with van der Waals surface area (Å²) in [7, 11) is 0. The third kappa shape index (κ3) is 2.34. The highest BCUT2D eigenvalue weighted by molar-refractivity contribution is 5.38. The molecule has 0 amide bonds. The van der Waals surface area contributed by atoms with Crippen LogP contribution in [0.2, 0.25) is 0 Å². The van der Waals surface area contributed by atoms with Crippen molar-refractivity contribution in [2.75, 3.05) is 0 Å². The minimum atomic E-state index is -0.928. The molecule has 1 atom stereocenters. The Labute approximate surface area is 116 Å². The number of rotatable bonds is 3. The van der Waals surface area contributed by atoms with Gasteiger partial charge in [0.2, 0.25) is 0 Å². The van der Waals surface area contributed by atoms with Gasteiger partial charge in [-0.25, -0.2) is 8.78 Å². The SMILES string of the molecule is OC(c1ccc(F)c(F)c1)c1ccccc1C1CCC1. The van der Waals surface area contributed by atoms with Gasteiger partial charge in [-0.05, 0) is 47.6 Å². The third-order valence-electron chi connectivity index (χ3n) is 4.09. The molecule has 1 N–H and O–H groups in total. The molecule has 2 aromatic carbocycles. The fourth-order valence-corrected chi connectivity index (χ4v) is 2.71. The summed E-state index contributed by atoms with van der Waals surface area (Å²) in [4.78, 5) is 0. The maximum Gasteiger partial charge on any atom is 0.159 e. The third-order valence-corrected chi connectivity index (χ3v) is 4.09. The molecule has 0 aliphatic heterocycles. The lowest BCUT2D eigenvalue weighted by molar-refractivity contribution is 0.216. The van der Waals surface area contributed by atoms with Gasteiger partial charge in [-0.15, -0.1) is 0 Å². The van der Waals surface area contributed by atoms with E-state index < -0.39 is 17.7 Å². The fourth-order valence-electron chi connectivity index (χ4n) is 2.71. The molecule has 0 radical (unpaired) electrons. The van der Waals surface area contributed by atoms with E-state index in [4.69, 9.17) is 0 Å². The van der Waals surface area contributed by atoms with Crippen LogP contribution in [0.25, 0.3) is 0 Å². The molecule has 1 unspecified atom stereocenters. The summed E-state index contributed by atoms with van der Waals surface area (Å²) in [5.41, 5.74) is 2.30. The molecule has 0 spiro atoms. The van der Waals surface area contributed by atoms with Crippen LogP contribution in [0.15, 0.2) is 42.5 Å². The Morgan fingerprint density at radius 1 is 1.00 bits per heavy atom. The quantitative estimate of drug-likeness (QED) is 0.884. The highest BCUT2D eigenvalue weighted by atomic mass is 19.2. The van der Waals surface area contributed by atoms with Crippen LogP contribution in [-0.2, 0) is 0 Å². The molecule has 1 aliphatic rings. The van der Waals surface area contributed by atoms with Gasteiger partial charge >= 0.3 is 0 Å². The van der Waals surface area contributed by atoms with Crippen molar-refractivity contribution in [1.29, 1.82) is 0 Å². The average molecular weight is 274 g/mol. The van der Waals surface area contributed by atoms with Crippen molar-refractivity contribution in [3.8, 4) is 0 Å². The van der Waals surface area contributed by atoms with Gasteiger partial charge in [0.15, 0.2) is 11.6 Å². The number of aliphatic hydroxyl groups is 1. The summed E-state index contributed by atoms with van der Waals surface area (Å²) < 4.78 is 26.3. The van der Waals surface area contributed by atoms with Gasteiger partial charge in [0.25, 0.3) is 0 Å². The normalized spacial score (nSPS) is 16.8. The molecule has 0 saturated heterocycles. The number of aliphatic hydroxyl groups excluding tert-OH is 1. The molecule has 1 nitrogen and oxygen atoms in total. The lowest BCUT2D eigenvalue weighted by Crippen LogP contribution is -2.13. The van der Waals surface area contributed by atoms with Crippen molar-refractivity contribution >= 4 is 0 Å². The minimum Gasteiger partial charge on any atom is -0.384 e. The van der Waals surface area contributed by atoms with Crippen molar-refractivity contribution in [1.82, 2.24) is 0 Å². The van der Waals surface area contributed by atoms with E-state index >= 15 is 0 Å². The molecule has 1 aliphatic carbocycles. The van der Waals surface area contributed by atoms with Gasteiger partial charge in [-0.2, -0.15) is 0 Å². The van der Waals surface area contributed by atoms with E-state index in [0.717, 1.165) is 36.1 Å². The number of benzene rings is 2. The Balaban J connectivity index is 1.97. The molecule has 0 bridgehead atoms. The van der Waals surface area contributed by atoms with Crippen LogP contribution in [0, 0.1) is 11.6 Å². The standard InChI is InChI=1S/C17H16F2O/c18-15-9-8-12(10-16(15)19)17(20)14-7-2-1-6-13(14)11-4-3-5-11/h1-2,6-11,17,20H,3-5H2. The highest BCUT2D eigenvalue weighted by Gasteiger charge is 2.25. The fraction of sp³-hybridized carbons (Fsp3) is 0.294. The zero-order valence-electron chi connectivity index (χ0n) is 11.0. The molecule has 1 fully saturated rings. The summed E-state index contributed by atoms with van der Waals surface area (Å²) in [5.74, 6) is -1.35. The van der Waals surface area contributed by atoms with Crippen LogP contribution in [-0.4, -0.2) is 5.11 Å². The molecule has 3 rings (SSSR count). The first-order chi connectivity index (χ1) is 9.66. The Morgan fingerprint density at radius 2 is 1.75 bits per heavy atom. The van der Waals surface area contributed by atoms with Crippen molar-refractivity contribution in [3.63, 3.8) is 0 Å². The second-order valence-electron chi connectivity index (χ2n) is 5.33. The maximum absolute atomic E-state index is 13.3. The lowest BCUT2D eigenvalue weighted by atomic mass is 9.77. The van der Waals surface area contributed by atoms with E-state index in [1.165, 1.54) is 12.5 Å². The summed E-state index contributed by atoms with van der Waals surface area (Å²) in [6, 6.07) is 11.2. The number of hydrogen-bond donors (Lipinski definition) is 1. The zero-order chi connectivity index (χ0) is 14.1. The van der Waals surface area contributed by atoms with Gasteiger partial charge in [0.05, 0.1) is 0 Å². The largest absolute Gasteiger partial charge is 0.384 e. The van der Waals surface area contributed by atoms with E-state index in [2.05, 4.69) is 0 Å². The van der Waals surface area contributed by atoms with Crippen LogP contribution >= 0.6 is 0 Å². The smallest absolute Gasteiger partial charge is 0.159 e. The molecular weight excluding hydrogens is 258 g/mol. The Hall–Kier alpha value is -1.74. The van der Waals surface area contributed by atoms with Crippen LogP contribution in [0.5, 0.6) is 0 Å². The van der Waals surface area contributed by atoms with Gasteiger partial charge in [-0.1, -0.05) is 36.8 Å². The van der Waals surface area contributed by atoms with Crippen molar-refractivity contribution in [3.05, 3.63) is 70.8 Å². The predicted octanol–water partition coefficient (Wildman–Crippen LogP) is 4.31. The topological polar surface area (TPSA) is 20.2 Å². The molecule has 0 heterocycles. The van der Waals surface area contributed by atoms with E-state index in [1.54, 1.807) is 0 Å².